The van der Waals surface area contributed by atoms with E-state index in [0.717, 1.165) is 63.6 Å². The predicted octanol–water partition coefficient (Wildman–Crippen LogP) is 1.91. The maximum Gasteiger partial charge on any atom is 0.255 e. The van der Waals surface area contributed by atoms with Gasteiger partial charge in [-0.15, -0.1) is 0 Å². The molecule has 0 aromatic carbocycles. The second-order valence-corrected chi connectivity index (χ2v) is 6.99. The van der Waals surface area contributed by atoms with E-state index in [4.69, 9.17) is 0 Å². The summed E-state index contributed by atoms with van der Waals surface area (Å²) in [6.07, 6.45) is 5.88. The van der Waals surface area contributed by atoms with Gasteiger partial charge < -0.3 is 15.1 Å². The molecule has 2 aliphatic rings. The fourth-order valence-corrected chi connectivity index (χ4v) is 3.79. The first kappa shape index (κ1) is 17.0. The first-order valence-electron chi connectivity index (χ1n) is 9.43. The van der Waals surface area contributed by atoms with Gasteiger partial charge in [-0.05, 0) is 37.1 Å². The predicted molar refractivity (Wildman–Crippen MR) is 101 cm³/mol. The molecule has 1 amide bonds. The maximum absolute atomic E-state index is 12.6. The number of carbonyl (C=O) groups excluding carboxylic acids is 1. The van der Waals surface area contributed by atoms with Crippen LogP contribution in [0.5, 0.6) is 0 Å². The summed E-state index contributed by atoms with van der Waals surface area (Å²) < 4.78 is 0. The van der Waals surface area contributed by atoms with Crippen LogP contribution in [0, 0.1) is 0 Å². The highest BCUT2D eigenvalue weighted by Crippen LogP contribution is 2.28. The van der Waals surface area contributed by atoms with Crippen LogP contribution in [0.2, 0.25) is 0 Å². The van der Waals surface area contributed by atoms with Gasteiger partial charge >= 0.3 is 0 Å². The van der Waals surface area contributed by atoms with Crippen molar-refractivity contribution in [3.63, 3.8) is 0 Å². The molecule has 2 aliphatic heterocycles. The van der Waals surface area contributed by atoms with Crippen molar-refractivity contribution in [2.45, 2.75) is 18.8 Å². The fourth-order valence-electron chi connectivity index (χ4n) is 3.79. The van der Waals surface area contributed by atoms with E-state index in [1.54, 1.807) is 6.20 Å². The monoisotopic (exact) mass is 351 g/mol. The number of hydrogen-bond acceptors (Lipinski definition) is 5. The lowest BCUT2D eigenvalue weighted by atomic mass is 9.94. The highest BCUT2D eigenvalue weighted by atomic mass is 16.2. The van der Waals surface area contributed by atoms with Crippen LogP contribution >= 0.6 is 0 Å². The highest BCUT2D eigenvalue weighted by Gasteiger charge is 2.24. The summed E-state index contributed by atoms with van der Waals surface area (Å²) in [5.41, 5.74) is 1.83. The number of piperazine rings is 1. The van der Waals surface area contributed by atoms with Gasteiger partial charge in [0, 0.05) is 63.3 Å². The van der Waals surface area contributed by atoms with E-state index < -0.39 is 0 Å². The van der Waals surface area contributed by atoms with Crippen LogP contribution in [0.25, 0.3) is 0 Å². The summed E-state index contributed by atoms with van der Waals surface area (Å²) in [7, 11) is 0. The molecule has 1 atom stereocenters. The fraction of sp³-hybridized carbons (Fsp3) is 0.450. The summed E-state index contributed by atoms with van der Waals surface area (Å²) in [5, 5.41) is 3.27. The van der Waals surface area contributed by atoms with Crippen molar-refractivity contribution in [3.8, 4) is 0 Å². The van der Waals surface area contributed by atoms with Gasteiger partial charge in [-0.3, -0.25) is 9.78 Å². The molecule has 4 rings (SSSR count). The number of amides is 1. The van der Waals surface area contributed by atoms with Crippen molar-refractivity contribution in [1.82, 2.24) is 20.2 Å². The van der Waals surface area contributed by atoms with E-state index in [9.17, 15) is 4.79 Å². The first-order valence-corrected chi connectivity index (χ1v) is 9.43. The second kappa shape index (κ2) is 7.83. The topological polar surface area (TPSA) is 61.4 Å². The van der Waals surface area contributed by atoms with Crippen LogP contribution in [0.4, 0.5) is 5.82 Å². The lowest BCUT2D eigenvalue weighted by Gasteiger charge is -2.33. The number of aromatic nitrogens is 2. The highest BCUT2D eigenvalue weighted by molar-refractivity contribution is 5.94. The lowest BCUT2D eigenvalue weighted by molar-refractivity contribution is 0.0735. The molecule has 2 saturated heterocycles. The molecular weight excluding hydrogens is 326 g/mol. The van der Waals surface area contributed by atoms with Gasteiger partial charge in [0.25, 0.3) is 5.91 Å². The van der Waals surface area contributed by atoms with Crippen LogP contribution in [0.3, 0.4) is 0 Å². The molecule has 0 aliphatic carbocycles. The quantitative estimate of drug-likeness (QED) is 0.915. The Balaban J connectivity index is 1.43. The average Bonchev–Trinajstić information content (AvgIpc) is 2.75. The normalized spacial score (nSPS) is 20.8. The van der Waals surface area contributed by atoms with Crippen molar-refractivity contribution in [1.29, 1.82) is 0 Å². The largest absolute Gasteiger partial charge is 0.356 e. The number of piperidine rings is 1. The van der Waals surface area contributed by atoms with Crippen molar-refractivity contribution in [2.75, 3.05) is 44.2 Å². The maximum atomic E-state index is 12.6. The van der Waals surface area contributed by atoms with Gasteiger partial charge in [0.2, 0.25) is 0 Å². The molecule has 0 radical (unpaired) electrons. The Bertz CT molecular complexity index is 728. The first-order chi connectivity index (χ1) is 12.8. The average molecular weight is 351 g/mol. The van der Waals surface area contributed by atoms with E-state index in [1.807, 2.05) is 29.3 Å². The Hall–Kier alpha value is -2.47. The molecule has 0 saturated carbocycles. The molecule has 2 aromatic heterocycles. The van der Waals surface area contributed by atoms with Crippen LogP contribution in [0.1, 0.15) is 34.8 Å². The zero-order valence-corrected chi connectivity index (χ0v) is 15.0. The van der Waals surface area contributed by atoms with Gasteiger partial charge in [-0.2, -0.15) is 0 Å². The molecular formula is C20H25N5O. The third-order valence-corrected chi connectivity index (χ3v) is 5.25. The minimum atomic E-state index is 0.0792. The molecule has 0 spiro atoms. The van der Waals surface area contributed by atoms with Crippen LogP contribution in [-0.4, -0.2) is 60.0 Å². The van der Waals surface area contributed by atoms with Gasteiger partial charge in [-0.25, -0.2) is 4.98 Å². The Morgan fingerprint density at radius 2 is 1.96 bits per heavy atom. The number of rotatable bonds is 3. The van der Waals surface area contributed by atoms with E-state index in [-0.39, 0.29) is 5.91 Å². The number of nitrogens with zero attached hydrogens (tertiary/aromatic N) is 4. The summed E-state index contributed by atoms with van der Waals surface area (Å²) >= 11 is 0. The Morgan fingerprint density at radius 1 is 1.08 bits per heavy atom. The third kappa shape index (κ3) is 3.70. The van der Waals surface area contributed by atoms with Crippen LogP contribution in [0.15, 0.2) is 42.7 Å². The van der Waals surface area contributed by atoms with E-state index in [2.05, 4.69) is 32.3 Å². The summed E-state index contributed by atoms with van der Waals surface area (Å²) in [4.78, 5) is 25.9. The number of nitrogens with one attached hydrogen (secondary N) is 1. The van der Waals surface area contributed by atoms with Crippen molar-refractivity contribution >= 4 is 11.7 Å². The molecule has 6 nitrogen and oxygen atoms in total. The molecule has 26 heavy (non-hydrogen) atoms. The summed E-state index contributed by atoms with van der Waals surface area (Å²) in [6.45, 7) is 5.17. The van der Waals surface area contributed by atoms with Crippen molar-refractivity contribution in [2.24, 2.45) is 0 Å². The standard InChI is InChI=1S/C20H25N5O/c26-20(24-12-9-21-10-13-24)16-6-7-19(23-14-16)25-11-3-4-17(15-25)18-5-1-2-8-22-18/h1-2,5-8,14,17,21H,3-4,9-13,15H2. The van der Waals surface area contributed by atoms with E-state index in [0.29, 0.717) is 11.5 Å². The second-order valence-electron chi connectivity index (χ2n) is 6.99. The molecule has 4 heterocycles. The van der Waals surface area contributed by atoms with Gasteiger partial charge in [0.1, 0.15) is 5.82 Å². The van der Waals surface area contributed by atoms with Crippen LogP contribution < -0.4 is 10.2 Å². The smallest absolute Gasteiger partial charge is 0.255 e. The zero-order valence-electron chi connectivity index (χ0n) is 15.0. The van der Waals surface area contributed by atoms with Gasteiger partial charge in [0.05, 0.1) is 5.56 Å². The number of hydrogen-bond donors (Lipinski definition) is 1. The number of carbonyl (C=O) groups is 1. The molecule has 6 heteroatoms. The minimum absolute atomic E-state index is 0.0792. The van der Waals surface area contributed by atoms with E-state index >= 15 is 0 Å². The Labute approximate surface area is 154 Å². The molecule has 1 unspecified atom stereocenters. The molecule has 2 aromatic rings. The molecule has 0 bridgehead atoms. The van der Waals surface area contributed by atoms with Gasteiger partial charge in [0.15, 0.2) is 0 Å². The molecule has 2 fully saturated rings. The van der Waals surface area contributed by atoms with Gasteiger partial charge in [-0.1, -0.05) is 6.07 Å². The lowest BCUT2D eigenvalue weighted by Crippen LogP contribution is -2.46. The van der Waals surface area contributed by atoms with Crippen LogP contribution in [-0.2, 0) is 0 Å². The van der Waals surface area contributed by atoms with Crippen molar-refractivity contribution in [3.05, 3.63) is 54.0 Å². The molecule has 136 valence electrons. The summed E-state index contributed by atoms with van der Waals surface area (Å²) in [6, 6.07) is 10.0. The molecule has 1 N–H and O–H groups in total. The number of pyridine rings is 2. The summed E-state index contributed by atoms with van der Waals surface area (Å²) in [5.74, 6) is 1.46. The number of anilines is 1. The SMILES string of the molecule is O=C(c1ccc(N2CCCC(c3ccccn3)C2)nc1)N1CCNCC1. The minimum Gasteiger partial charge on any atom is -0.356 e. The van der Waals surface area contributed by atoms with Crippen molar-refractivity contribution < 1.29 is 4.79 Å². The van der Waals surface area contributed by atoms with E-state index in [1.165, 1.54) is 0 Å². The Morgan fingerprint density at radius 3 is 2.69 bits per heavy atom. The Kier molecular flexibility index (Phi) is 5.11. The third-order valence-electron chi connectivity index (χ3n) is 5.25. The zero-order chi connectivity index (χ0) is 17.8.